The molecule has 0 saturated carbocycles. The Morgan fingerprint density at radius 3 is 2.69 bits per heavy atom. The summed E-state index contributed by atoms with van der Waals surface area (Å²) >= 11 is 12.1. The van der Waals surface area contributed by atoms with Crippen LogP contribution in [0, 0.1) is 5.92 Å². The molecule has 5 nitrogen and oxygen atoms in total. The summed E-state index contributed by atoms with van der Waals surface area (Å²) in [5.41, 5.74) is 1.10. The second-order valence-electron chi connectivity index (χ2n) is 6.33. The molecule has 1 aromatic carbocycles. The summed E-state index contributed by atoms with van der Waals surface area (Å²) in [4.78, 5) is 18.4. The van der Waals surface area contributed by atoms with E-state index in [1.54, 1.807) is 13.1 Å². The van der Waals surface area contributed by atoms with Gasteiger partial charge in [0.15, 0.2) is 5.96 Å². The van der Waals surface area contributed by atoms with Crippen molar-refractivity contribution >= 4 is 35.1 Å². The second-order valence-corrected chi connectivity index (χ2v) is 7.17. The summed E-state index contributed by atoms with van der Waals surface area (Å²) in [5.74, 6) is 0.820. The molecule has 26 heavy (non-hydrogen) atoms. The predicted octanol–water partition coefficient (Wildman–Crippen LogP) is 3.78. The number of hydrogen-bond acceptors (Lipinski definition) is 3. The molecule has 0 spiro atoms. The monoisotopic (exact) mass is 399 g/mol. The summed E-state index contributed by atoms with van der Waals surface area (Å²) < 4.78 is 5.12. The lowest BCUT2D eigenvalue weighted by molar-refractivity contribution is -0.149. The van der Waals surface area contributed by atoms with Crippen molar-refractivity contribution in [1.82, 2.24) is 10.2 Å². The average molecular weight is 400 g/mol. The number of benzene rings is 1. The number of carbonyl (C=O) groups is 1. The van der Waals surface area contributed by atoms with Crippen LogP contribution >= 0.6 is 23.2 Å². The summed E-state index contributed by atoms with van der Waals surface area (Å²) in [7, 11) is 1.79. The van der Waals surface area contributed by atoms with E-state index in [1.165, 1.54) is 0 Å². The van der Waals surface area contributed by atoms with Gasteiger partial charge in [0.25, 0.3) is 0 Å². The molecule has 1 aliphatic heterocycles. The summed E-state index contributed by atoms with van der Waals surface area (Å²) in [6.07, 6.45) is 3.43. The van der Waals surface area contributed by atoms with Crippen molar-refractivity contribution in [3.05, 3.63) is 33.8 Å². The third-order valence-corrected chi connectivity index (χ3v) is 5.13. The van der Waals surface area contributed by atoms with Gasteiger partial charge in [-0.1, -0.05) is 29.3 Å². The van der Waals surface area contributed by atoms with Crippen molar-refractivity contribution in [2.75, 3.05) is 33.3 Å². The first kappa shape index (κ1) is 20.8. The molecule has 0 amide bonds. The topological polar surface area (TPSA) is 53.9 Å². The van der Waals surface area contributed by atoms with E-state index in [1.807, 2.05) is 19.1 Å². The van der Waals surface area contributed by atoms with Gasteiger partial charge in [-0.15, -0.1) is 0 Å². The maximum atomic E-state index is 11.8. The Bertz CT molecular complexity index is 629. The number of likely N-dealkylation sites (tertiary alicyclic amines) is 1. The molecule has 0 atom stereocenters. The Kier molecular flexibility index (Phi) is 8.52. The molecule has 0 aromatic heterocycles. The fourth-order valence-electron chi connectivity index (χ4n) is 3.12. The Morgan fingerprint density at radius 1 is 1.35 bits per heavy atom. The lowest BCUT2D eigenvalue weighted by Crippen LogP contribution is -2.47. The highest BCUT2D eigenvalue weighted by Gasteiger charge is 2.27. The van der Waals surface area contributed by atoms with Crippen LogP contribution < -0.4 is 5.32 Å². The number of carbonyl (C=O) groups excluding carboxylic acids is 1. The number of nitrogens with zero attached hydrogens (tertiary/aromatic N) is 2. The molecule has 1 fully saturated rings. The molecular formula is C19H27Cl2N3O2. The molecule has 2 rings (SSSR count). The number of halogens is 2. The zero-order chi connectivity index (χ0) is 18.9. The summed E-state index contributed by atoms with van der Waals surface area (Å²) in [6.45, 7) is 4.72. The SMILES string of the molecule is CCOC(=O)C1CCN(C(=NC)NCCCc2ccc(Cl)cc2Cl)CC1. The lowest BCUT2D eigenvalue weighted by Gasteiger charge is -2.33. The van der Waals surface area contributed by atoms with E-state index < -0.39 is 0 Å². The second kappa shape index (κ2) is 10.6. The molecule has 1 aromatic rings. The minimum absolute atomic E-state index is 0.0105. The molecule has 1 aliphatic rings. The summed E-state index contributed by atoms with van der Waals surface area (Å²) in [5, 5.41) is 4.77. The van der Waals surface area contributed by atoms with E-state index in [0.29, 0.717) is 16.7 Å². The zero-order valence-corrected chi connectivity index (χ0v) is 16.9. The number of rotatable bonds is 6. The van der Waals surface area contributed by atoms with Gasteiger partial charge < -0.3 is 15.0 Å². The van der Waals surface area contributed by atoms with E-state index >= 15 is 0 Å². The largest absolute Gasteiger partial charge is 0.466 e. The Labute approximate surface area is 165 Å². The highest BCUT2D eigenvalue weighted by molar-refractivity contribution is 6.35. The number of nitrogens with one attached hydrogen (secondary N) is 1. The van der Waals surface area contributed by atoms with Gasteiger partial charge in [-0.3, -0.25) is 9.79 Å². The van der Waals surface area contributed by atoms with E-state index in [9.17, 15) is 4.79 Å². The molecular weight excluding hydrogens is 373 g/mol. The van der Waals surface area contributed by atoms with E-state index in [2.05, 4.69) is 15.2 Å². The van der Waals surface area contributed by atoms with E-state index in [0.717, 1.165) is 56.8 Å². The fraction of sp³-hybridized carbons (Fsp3) is 0.579. The number of ether oxygens (including phenoxy) is 1. The number of piperidine rings is 1. The average Bonchev–Trinajstić information content (AvgIpc) is 2.64. The van der Waals surface area contributed by atoms with Crippen LogP contribution in [0.5, 0.6) is 0 Å². The van der Waals surface area contributed by atoms with Crippen LogP contribution in [0.15, 0.2) is 23.2 Å². The molecule has 144 valence electrons. The third-order valence-electron chi connectivity index (χ3n) is 4.55. The van der Waals surface area contributed by atoms with Crippen molar-refractivity contribution in [3.63, 3.8) is 0 Å². The Morgan fingerprint density at radius 2 is 2.08 bits per heavy atom. The number of esters is 1. The molecule has 1 heterocycles. The van der Waals surface area contributed by atoms with Crippen LogP contribution in [0.3, 0.4) is 0 Å². The molecule has 1 N–H and O–H groups in total. The van der Waals surface area contributed by atoms with Crippen molar-refractivity contribution < 1.29 is 9.53 Å². The van der Waals surface area contributed by atoms with Crippen LogP contribution in [-0.2, 0) is 16.0 Å². The number of aryl methyl sites for hydroxylation is 1. The standard InChI is InChI=1S/C19H27Cl2N3O2/c1-3-26-18(25)15-8-11-24(12-9-15)19(22-2)23-10-4-5-14-6-7-16(20)13-17(14)21/h6-7,13,15H,3-5,8-12H2,1-2H3,(H,22,23). The van der Waals surface area contributed by atoms with Crippen LogP contribution in [0.1, 0.15) is 31.7 Å². The molecule has 0 aliphatic carbocycles. The smallest absolute Gasteiger partial charge is 0.309 e. The number of guanidine groups is 1. The van der Waals surface area contributed by atoms with Crippen LogP contribution in [0.2, 0.25) is 10.0 Å². The predicted molar refractivity (Wildman–Crippen MR) is 107 cm³/mol. The van der Waals surface area contributed by atoms with Crippen LogP contribution in [0.4, 0.5) is 0 Å². The molecule has 1 saturated heterocycles. The normalized spacial score (nSPS) is 15.8. The first-order valence-electron chi connectivity index (χ1n) is 9.11. The third kappa shape index (κ3) is 6.06. The van der Waals surface area contributed by atoms with Crippen LogP contribution in [-0.4, -0.2) is 50.1 Å². The van der Waals surface area contributed by atoms with Gasteiger partial charge in [0.05, 0.1) is 12.5 Å². The summed E-state index contributed by atoms with van der Waals surface area (Å²) in [6, 6.07) is 5.61. The molecule has 0 radical (unpaired) electrons. The van der Waals surface area contributed by atoms with Gasteiger partial charge in [-0.25, -0.2) is 0 Å². The first-order chi connectivity index (χ1) is 12.5. The Hall–Kier alpha value is -1.46. The van der Waals surface area contributed by atoms with Crippen LogP contribution in [0.25, 0.3) is 0 Å². The molecule has 0 unspecified atom stereocenters. The van der Waals surface area contributed by atoms with E-state index in [4.69, 9.17) is 27.9 Å². The molecule has 7 heteroatoms. The highest BCUT2D eigenvalue weighted by Crippen LogP contribution is 2.22. The van der Waals surface area contributed by atoms with Crippen molar-refractivity contribution in [2.24, 2.45) is 10.9 Å². The van der Waals surface area contributed by atoms with Gasteiger partial charge in [0, 0.05) is 36.7 Å². The number of aliphatic imine (C=N–C) groups is 1. The van der Waals surface area contributed by atoms with Gasteiger partial charge in [-0.05, 0) is 50.3 Å². The van der Waals surface area contributed by atoms with Gasteiger partial charge >= 0.3 is 5.97 Å². The van der Waals surface area contributed by atoms with Crippen molar-refractivity contribution in [3.8, 4) is 0 Å². The van der Waals surface area contributed by atoms with Gasteiger partial charge in [0.2, 0.25) is 0 Å². The van der Waals surface area contributed by atoms with Crippen molar-refractivity contribution in [2.45, 2.75) is 32.6 Å². The fourth-order valence-corrected chi connectivity index (χ4v) is 3.63. The quantitative estimate of drug-likeness (QED) is 0.342. The highest BCUT2D eigenvalue weighted by atomic mass is 35.5. The maximum Gasteiger partial charge on any atom is 0.309 e. The van der Waals surface area contributed by atoms with E-state index in [-0.39, 0.29) is 11.9 Å². The zero-order valence-electron chi connectivity index (χ0n) is 15.4. The minimum atomic E-state index is -0.0741. The van der Waals surface area contributed by atoms with Crippen molar-refractivity contribution in [1.29, 1.82) is 0 Å². The Balaban J connectivity index is 1.74. The number of hydrogen-bond donors (Lipinski definition) is 1. The first-order valence-corrected chi connectivity index (χ1v) is 9.87. The van der Waals surface area contributed by atoms with Gasteiger partial charge in [-0.2, -0.15) is 0 Å². The molecule has 0 bridgehead atoms. The van der Waals surface area contributed by atoms with Gasteiger partial charge in [0.1, 0.15) is 0 Å². The lowest BCUT2D eigenvalue weighted by atomic mass is 9.97. The maximum absolute atomic E-state index is 11.8. The minimum Gasteiger partial charge on any atom is -0.466 e.